The highest BCUT2D eigenvalue weighted by atomic mass is 35.6. The molecule has 4 nitrogen and oxygen atoms in total. The van der Waals surface area contributed by atoms with Crippen LogP contribution in [0.2, 0.25) is 18.1 Å². The second kappa shape index (κ2) is 8.06. The summed E-state index contributed by atoms with van der Waals surface area (Å²) in [5.41, 5.74) is -0.974. The van der Waals surface area contributed by atoms with E-state index < -0.39 is 29.7 Å². The lowest BCUT2D eigenvalue weighted by molar-refractivity contribution is 0.122. The lowest BCUT2D eigenvalue weighted by Gasteiger charge is -2.38. The molecule has 0 aromatic rings. The molecule has 0 aliphatic heterocycles. The topological polar surface area (TPSA) is 62.5 Å². The summed E-state index contributed by atoms with van der Waals surface area (Å²) < 4.78 is 9.59. The SMILES string of the molecule is CC(C)(O)/C=C\[C@@H](COC(=N)C(Cl)(Cl)Cl)O[Si](C)(C)C(C)(C)C. The van der Waals surface area contributed by atoms with Crippen LogP contribution in [0, 0.1) is 5.41 Å². The molecule has 0 amide bonds. The first-order chi connectivity index (χ1) is 9.96. The van der Waals surface area contributed by atoms with E-state index in [0.29, 0.717) is 0 Å². The van der Waals surface area contributed by atoms with Gasteiger partial charge in [0.25, 0.3) is 3.79 Å². The fraction of sp³-hybridized carbons (Fsp3) is 0.800. The minimum Gasteiger partial charge on any atom is -0.475 e. The van der Waals surface area contributed by atoms with Gasteiger partial charge >= 0.3 is 0 Å². The van der Waals surface area contributed by atoms with Crippen LogP contribution in [0.5, 0.6) is 0 Å². The highest BCUT2D eigenvalue weighted by molar-refractivity contribution is 6.76. The minimum atomic E-state index is -2.06. The van der Waals surface area contributed by atoms with E-state index in [2.05, 4.69) is 33.9 Å². The molecule has 0 unspecified atom stereocenters. The Bertz CT molecular complexity index is 435. The van der Waals surface area contributed by atoms with Crippen LogP contribution in [0.15, 0.2) is 12.2 Å². The van der Waals surface area contributed by atoms with Gasteiger partial charge in [0.2, 0.25) is 5.90 Å². The highest BCUT2D eigenvalue weighted by Gasteiger charge is 2.39. The summed E-state index contributed by atoms with van der Waals surface area (Å²) in [6.07, 6.45) is 2.91. The number of alkyl halides is 3. The summed E-state index contributed by atoms with van der Waals surface area (Å²) in [5, 5.41) is 17.5. The van der Waals surface area contributed by atoms with E-state index in [-0.39, 0.29) is 11.6 Å². The monoisotopic (exact) mass is 403 g/mol. The predicted octanol–water partition coefficient (Wildman–Crippen LogP) is 5.07. The Hall–Kier alpha value is 0.217. The molecular formula is C15H28Cl3NO3Si. The van der Waals surface area contributed by atoms with Crippen molar-refractivity contribution in [2.45, 2.75) is 68.2 Å². The van der Waals surface area contributed by atoms with Crippen LogP contribution in [0.25, 0.3) is 0 Å². The maximum Gasteiger partial charge on any atom is 0.265 e. The van der Waals surface area contributed by atoms with E-state index in [4.69, 9.17) is 49.4 Å². The van der Waals surface area contributed by atoms with Gasteiger partial charge in [-0.1, -0.05) is 67.7 Å². The van der Waals surface area contributed by atoms with Crippen molar-refractivity contribution in [3.05, 3.63) is 12.2 Å². The van der Waals surface area contributed by atoms with Crippen molar-refractivity contribution in [1.82, 2.24) is 0 Å². The van der Waals surface area contributed by atoms with Gasteiger partial charge in [0.1, 0.15) is 6.61 Å². The molecule has 0 aliphatic carbocycles. The molecule has 0 saturated heterocycles. The minimum absolute atomic E-state index is 0.0105. The normalized spacial score (nSPS) is 15.8. The van der Waals surface area contributed by atoms with Crippen molar-refractivity contribution in [2.75, 3.05) is 6.61 Å². The van der Waals surface area contributed by atoms with Crippen molar-refractivity contribution < 1.29 is 14.3 Å². The molecule has 0 aliphatic rings. The van der Waals surface area contributed by atoms with Crippen LogP contribution in [0.3, 0.4) is 0 Å². The van der Waals surface area contributed by atoms with E-state index in [1.165, 1.54) is 0 Å². The number of nitrogens with one attached hydrogen (secondary N) is 1. The number of halogens is 3. The van der Waals surface area contributed by atoms with Crippen LogP contribution in [-0.4, -0.2) is 41.4 Å². The second-order valence-electron chi connectivity index (χ2n) is 7.57. The zero-order valence-electron chi connectivity index (χ0n) is 14.8. The fourth-order valence-electron chi connectivity index (χ4n) is 1.27. The second-order valence-corrected chi connectivity index (χ2v) is 14.6. The Kier molecular flexibility index (Phi) is 8.14. The predicted molar refractivity (Wildman–Crippen MR) is 101 cm³/mol. The summed E-state index contributed by atoms with van der Waals surface area (Å²) in [7, 11) is -2.06. The molecule has 0 rings (SSSR count). The molecule has 0 bridgehead atoms. The lowest BCUT2D eigenvalue weighted by Crippen LogP contribution is -2.45. The first-order valence-corrected chi connectivity index (χ1v) is 11.4. The Morgan fingerprint density at radius 1 is 1.17 bits per heavy atom. The van der Waals surface area contributed by atoms with Crippen molar-refractivity contribution in [3.63, 3.8) is 0 Å². The highest BCUT2D eigenvalue weighted by Crippen LogP contribution is 2.37. The van der Waals surface area contributed by atoms with Gasteiger partial charge in [0.15, 0.2) is 8.32 Å². The zero-order valence-corrected chi connectivity index (χ0v) is 18.1. The van der Waals surface area contributed by atoms with E-state index in [9.17, 15) is 5.11 Å². The third kappa shape index (κ3) is 9.32. The van der Waals surface area contributed by atoms with E-state index in [1.807, 2.05) is 0 Å². The first kappa shape index (κ1) is 23.2. The Morgan fingerprint density at radius 3 is 2.00 bits per heavy atom. The quantitative estimate of drug-likeness (QED) is 0.214. The van der Waals surface area contributed by atoms with Crippen LogP contribution < -0.4 is 0 Å². The van der Waals surface area contributed by atoms with Gasteiger partial charge in [-0.3, -0.25) is 5.41 Å². The van der Waals surface area contributed by atoms with E-state index in [0.717, 1.165) is 0 Å². The van der Waals surface area contributed by atoms with Gasteiger partial charge in [-0.25, -0.2) is 0 Å². The summed E-state index contributed by atoms with van der Waals surface area (Å²) in [5.74, 6) is -0.456. The Morgan fingerprint density at radius 2 is 1.65 bits per heavy atom. The standard InChI is InChI=1S/C15H28Cl3NO3Si/c1-13(2,3)23(6,7)22-11(8-9-14(4,5)20)10-21-12(19)15(16,17)18/h8-9,11,19-20H,10H2,1-7H3/b9-8-,19-12?/t11-/m0/s1. The molecule has 0 spiro atoms. The van der Waals surface area contributed by atoms with Crippen LogP contribution >= 0.6 is 34.8 Å². The van der Waals surface area contributed by atoms with Gasteiger partial charge in [0.05, 0.1) is 11.7 Å². The maximum absolute atomic E-state index is 9.85. The molecule has 0 aromatic heterocycles. The molecule has 0 heterocycles. The maximum atomic E-state index is 9.85. The summed E-state index contributed by atoms with van der Waals surface area (Å²) in [6, 6.07) is 0. The van der Waals surface area contributed by atoms with Crippen molar-refractivity contribution >= 4 is 49.0 Å². The van der Waals surface area contributed by atoms with Crippen molar-refractivity contribution in [2.24, 2.45) is 0 Å². The largest absolute Gasteiger partial charge is 0.475 e. The Labute approximate surface area is 155 Å². The molecule has 0 saturated carbocycles. The lowest BCUT2D eigenvalue weighted by atomic mass is 10.1. The van der Waals surface area contributed by atoms with Gasteiger partial charge < -0.3 is 14.3 Å². The molecule has 0 aromatic carbocycles. The number of hydrogen-bond acceptors (Lipinski definition) is 4. The Balaban J connectivity index is 5.12. The first-order valence-electron chi connectivity index (χ1n) is 7.34. The molecule has 23 heavy (non-hydrogen) atoms. The molecule has 8 heteroatoms. The third-order valence-electron chi connectivity index (χ3n) is 3.62. The summed E-state index contributed by atoms with van der Waals surface area (Å²) in [4.78, 5) is 0. The van der Waals surface area contributed by atoms with E-state index >= 15 is 0 Å². The van der Waals surface area contributed by atoms with Gasteiger partial charge in [-0.15, -0.1) is 0 Å². The van der Waals surface area contributed by atoms with Gasteiger partial charge in [-0.2, -0.15) is 0 Å². The smallest absolute Gasteiger partial charge is 0.265 e. The van der Waals surface area contributed by atoms with Gasteiger partial charge in [0, 0.05) is 0 Å². The van der Waals surface area contributed by atoms with Crippen LogP contribution in [-0.2, 0) is 9.16 Å². The number of rotatable bonds is 6. The molecule has 0 radical (unpaired) electrons. The molecule has 2 N–H and O–H groups in total. The number of ether oxygens (including phenoxy) is 1. The molecule has 136 valence electrons. The van der Waals surface area contributed by atoms with E-state index in [1.54, 1.807) is 26.0 Å². The fourth-order valence-corrected chi connectivity index (χ4v) is 2.69. The zero-order chi connectivity index (χ0) is 18.7. The molecule has 1 atom stereocenters. The average Bonchev–Trinajstić information content (AvgIpc) is 2.28. The number of aliphatic hydroxyl groups is 1. The summed E-state index contributed by atoms with van der Waals surface area (Å²) >= 11 is 16.8. The van der Waals surface area contributed by atoms with Crippen molar-refractivity contribution in [3.8, 4) is 0 Å². The molecule has 0 fully saturated rings. The summed E-state index contributed by atoms with van der Waals surface area (Å²) in [6.45, 7) is 14.0. The average molecular weight is 405 g/mol. The van der Waals surface area contributed by atoms with Gasteiger partial charge in [-0.05, 0) is 32.0 Å². The van der Waals surface area contributed by atoms with Crippen LogP contribution in [0.4, 0.5) is 0 Å². The third-order valence-corrected chi connectivity index (χ3v) is 8.64. The van der Waals surface area contributed by atoms with Crippen molar-refractivity contribution in [1.29, 1.82) is 5.41 Å². The van der Waals surface area contributed by atoms with Crippen LogP contribution in [0.1, 0.15) is 34.6 Å². The number of hydrogen-bond donors (Lipinski definition) is 2. The molecular weight excluding hydrogens is 377 g/mol.